The molecule has 0 N–H and O–H groups in total. The van der Waals surface area contributed by atoms with Crippen molar-refractivity contribution in [3.8, 4) is 5.75 Å². The molecule has 2 unspecified atom stereocenters. The van der Waals surface area contributed by atoms with Gasteiger partial charge in [0.1, 0.15) is 5.75 Å². The quantitative estimate of drug-likeness (QED) is 0.559. The highest BCUT2D eigenvalue weighted by Crippen LogP contribution is 2.39. The summed E-state index contributed by atoms with van der Waals surface area (Å²) in [5.74, 6) is 1.30. The van der Waals surface area contributed by atoms with E-state index in [-0.39, 0.29) is 11.9 Å². The molecular weight excluding hydrogens is 188 g/mol. The summed E-state index contributed by atoms with van der Waals surface area (Å²) in [5.41, 5.74) is 1.10. The van der Waals surface area contributed by atoms with Gasteiger partial charge in [-0.1, -0.05) is 32.0 Å². The van der Waals surface area contributed by atoms with Gasteiger partial charge in [0.15, 0.2) is 0 Å². The smallest absolute Gasteiger partial charge is 0.314 e. The Kier molecular flexibility index (Phi) is 2.76. The third kappa shape index (κ3) is 2.20. The number of hydrogen-bond donors (Lipinski definition) is 0. The third-order valence-electron chi connectivity index (χ3n) is 2.98. The van der Waals surface area contributed by atoms with E-state index in [1.54, 1.807) is 0 Å². The fraction of sp³-hybridized carbons (Fsp3) is 0.462. The minimum Gasteiger partial charge on any atom is -0.426 e. The van der Waals surface area contributed by atoms with Gasteiger partial charge >= 0.3 is 5.97 Å². The highest BCUT2D eigenvalue weighted by atomic mass is 16.5. The van der Waals surface area contributed by atoms with Crippen LogP contribution in [-0.2, 0) is 11.2 Å². The van der Waals surface area contributed by atoms with E-state index in [0.717, 1.165) is 24.2 Å². The second-order valence-electron chi connectivity index (χ2n) is 4.20. The highest BCUT2D eigenvalue weighted by molar-refractivity contribution is 5.78. The van der Waals surface area contributed by atoms with Crippen molar-refractivity contribution in [3.63, 3.8) is 0 Å². The zero-order valence-corrected chi connectivity index (χ0v) is 9.19. The lowest BCUT2D eigenvalue weighted by molar-refractivity contribution is -0.136. The molecule has 2 heteroatoms. The minimum atomic E-state index is -0.0663. The second kappa shape index (κ2) is 4.05. The first-order chi connectivity index (χ1) is 7.22. The minimum absolute atomic E-state index is 0.0663. The van der Waals surface area contributed by atoms with E-state index in [1.165, 1.54) is 0 Å². The van der Waals surface area contributed by atoms with E-state index >= 15 is 0 Å². The topological polar surface area (TPSA) is 26.3 Å². The predicted molar refractivity (Wildman–Crippen MR) is 58.7 cm³/mol. The standard InChI is InChI=1S/C13H16O2/c1-3-10-6-4-5-7-12(10)15-13(14)11-8-9(11)2/h4-7,9,11H,3,8H2,1-2H3. The van der Waals surface area contributed by atoms with Crippen molar-refractivity contribution >= 4 is 5.97 Å². The van der Waals surface area contributed by atoms with E-state index in [2.05, 4.69) is 13.8 Å². The summed E-state index contributed by atoms with van der Waals surface area (Å²) in [5, 5.41) is 0. The van der Waals surface area contributed by atoms with Gasteiger partial charge in [0.25, 0.3) is 0 Å². The van der Waals surface area contributed by atoms with Gasteiger partial charge < -0.3 is 4.74 Å². The van der Waals surface area contributed by atoms with Crippen LogP contribution in [0.1, 0.15) is 25.8 Å². The molecule has 0 aliphatic heterocycles. The lowest BCUT2D eigenvalue weighted by atomic mass is 10.1. The van der Waals surface area contributed by atoms with Crippen LogP contribution in [0, 0.1) is 11.8 Å². The lowest BCUT2D eigenvalue weighted by Gasteiger charge is -2.07. The molecule has 0 amide bonds. The van der Waals surface area contributed by atoms with E-state index in [1.807, 2.05) is 24.3 Å². The van der Waals surface area contributed by atoms with Crippen LogP contribution in [0.5, 0.6) is 5.75 Å². The van der Waals surface area contributed by atoms with E-state index in [9.17, 15) is 4.79 Å². The van der Waals surface area contributed by atoms with Crippen molar-refractivity contribution < 1.29 is 9.53 Å². The fourth-order valence-corrected chi connectivity index (χ4v) is 1.73. The maximum atomic E-state index is 11.6. The summed E-state index contributed by atoms with van der Waals surface area (Å²) in [6, 6.07) is 7.73. The number of rotatable bonds is 3. The Bertz CT molecular complexity index is 371. The molecule has 1 aliphatic rings. The lowest BCUT2D eigenvalue weighted by Crippen LogP contribution is -2.12. The number of aryl methyl sites for hydroxylation is 1. The van der Waals surface area contributed by atoms with Crippen LogP contribution in [0.4, 0.5) is 0 Å². The van der Waals surface area contributed by atoms with Crippen LogP contribution < -0.4 is 4.74 Å². The number of esters is 1. The first-order valence-corrected chi connectivity index (χ1v) is 5.52. The Morgan fingerprint density at radius 2 is 2.13 bits per heavy atom. The molecule has 2 nitrogen and oxygen atoms in total. The Labute approximate surface area is 90.3 Å². The van der Waals surface area contributed by atoms with Gasteiger partial charge in [0.05, 0.1) is 5.92 Å². The van der Waals surface area contributed by atoms with Gasteiger partial charge in [-0.25, -0.2) is 0 Å². The molecule has 15 heavy (non-hydrogen) atoms. The van der Waals surface area contributed by atoms with Gasteiger partial charge in [0, 0.05) is 0 Å². The van der Waals surface area contributed by atoms with Crippen LogP contribution in [0.2, 0.25) is 0 Å². The highest BCUT2D eigenvalue weighted by Gasteiger charge is 2.40. The molecule has 1 aliphatic carbocycles. The maximum Gasteiger partial charge on any atom is 0.314 e. The normalized spacial score (nSPS) is 23.6. The zero-order valence-electron chi connectivity index (χ0n) is 9.19. The number of benzene rings is 1. The molecule has 0 bridgehead atoms. The van der Waals surface area contributed by atoms with Crippen LogP contribution >= 0.6 is 0 Å². The Morgan fingerprint density at radius 1 is 1.47 bits per heavy atom. The van der Waals surface area contributed by atoms with Crippen LogP contribution in [-0.4, -0.2) is 5.97 Å². The van der Waals surface area contributed by atoms with E-state index < -0.39 is 0 Å². The van der Waals surface area contributed by atoms with Crippen LogP contribution in [0.25, 0.3) is 0 Å². The maximum absolute atomic E-state index is 11.6. The number of para-hydroxylation sites is 1. The average molecular weight is 204 g/mol. The molecule has 0 heterocycles. The molecule has 0 spiro atoms. The van der Waals surface area contributed by atoms with Gasteiger partial charge in [0.2, 0.25) is 0 Å². The SMILES string of the molecule is CCc1ccccc1OC(=O)C1CC1C. The van der Waals surface area contributed by atoms with Crippen molar-refractivity contribution in [2.75, 3.05) is 0 Å². The van der Waals surface area contributed by atoms with Crippen LogP contribution in [0.15, 0.2) is 24.3 Å². The Hall–Kier alpha value is -1.31. The van der Waals surface area contributed by atoms with Gasteiger partial charge in [-0.15, -0.1) is 0 Å². The summed E-state index contributed by atoms with van der Waals surface area (Å²) in [6.45, 7) is 4.14. The molecule has 1 aromatic rings. The number of ether oxygens (including phenoxy) is 1. The summed E-state index contributed by atoms with van der Waals surface area (Å²) in [4.78, 5) is 11.6. The van der Waals surface area contributed by atoms with Gasteiger partial charge in [-0.2, -0.15) is 0 Å². The molecule has 1 fully saturated rings. The number of hydrogen-bond acceptors (Lipinski definition) is 2. The average Bonchev–Trinajstić information content (AvgIpc) is 2.96. The molecule has 2 atom stereocenters. The summed E-state index contributed by atoms with van der Waals surface area (Å²) in [7, 11) is 0. The van der Waals surface area contributed by atoms with E-state index in [0.29, 0.717) is 5.92 Å². The van der Waals surface area contributed by atoms with Crippen molar-refractivity contribution in [2.45, 2.75) is 26.7 Å². The summed E-state index contributed by atoms with van der Waals surface area (Å²) >= 11 is 0. The monoisotopic (exact) mass is 204 g/mol. The molecule has 2 rings (SSSR count). The van der Waals surface area contributed by atoms with Gasteiger partial charge in [-0.05, 0) is 30.4 Å². The summed E-state index contributed by atoms with van der Waals surface area (Å²) in [6.07, 6.45) is 1.87. The Morgan fingerprint density at radius 3 is 2.73 bits per heavy atom. The first kappa shape index (κ1) is 10.2. The molecule has 0 saturated heterocycles. The number of carbonyl (C=O) groups is 1. The molecule has 1 saturated carbocycles. The molecular formula is C13H16O2. The largest absolute Gasteiger partial charge is 0.426 e. The molecule has 0 aromatic heterocycles. The van der Waals surface area contributed by atoms with Crippen LogP contribution in [0.3, 0.4) is 0 Å². The molecule has 0 radical (unpaired) electrons. The van der Waals surface area contributed by atoms with Crippen molar-refractivity contribution in [3.05, 3.63) is 29.8 Å². The zero-order chi connectivity index (χ0) is 10.8. The van der Waals surface area contributed by atoms with E-state index in [4.69, 9.17) is 4.74 Å². The second-order valence-corrected chi connectivity index (χ2v) is 4.20. The Balaban J connectivity index is 2.06. The third-order valence-corrected chi connectivity index (χ3v) is 2.98. The predicted octanol–water partition coefficient (Wildman–Crippen LogP) is 2.81. The molecule has 1 aromatic carbocycles. The molecule has 80 valence electrons. The summed E-state index contributed by atoms with van der Waals surface area (Å²) < 4.78 is 5.39. The van der Waals surface area contributed by atoms with Gasteiger partial charge in [-0.3, -0.25) is 4.79 Å². The fourth-order valence-electron chi connectivity index (χ4n) is 1.73. The van der Waals surface area contributed by atoms with Crippen molar-refractivity contribution in [1.82, 2.24) is 0 Å². The first-order valence-electron chi connectivity index (χ1n) is 5.52. The van der Waals surface area contributed by atoms with Crippen molar-refractivity contribution in [1.29, 1.82) is 0 Å². The number of carbonyl (C=O) groups excluding carboxylic acids is 1. The van der Waals surface area contributed by atoms with Crippen molar-refractivity contribution in [2.24, 2.45) is 11.8 Å².